The first-order valence-corrected chi connectivity index (χ1v) is 5.84. The summed E-state index contributed by atoms with van der Waals surface area (Å²) in [5.74, 6) is -0.354. The predicted molar refractivity (Wildman–Crippen MR) is 67.4 cm³/mol. The Morgan fingerprint density at radius 3 is 2.94 bits per heavy atom. The van der Waals surface area contributed by atoms with E-state index in [0.29, 0.717) is 0 Å². The first-order chi connectivity index (χ1) is 7.69. The molecule has 1 aromatic rings. The minimum absolute atomic E-state index is 0.231. The molecule has 3 heteroatoms. The number of likely N-dealkylation sites (N-methyl/N-ethyl adjacent to an activating group) is 1. The second-order valence-corrected chi connectivity index (χ2v) is 4.07. The summed E-state index contributed by atoms with van der Waals surface area (Å²) in [6.45, 7) is 6.64. The number of halogens is 2. The minimum atomic E-state index is -0.354. The van der Waals surface area contributed by atoms with Crippen molar-refractivity contribution in [2.45, 2.75) is 25.8 Å². The summed E-state index contributed by atoms with van der Waals surface area (Å²) >= 11 is 5.91. The zero-order valence-corrected chi connectivity index (χ0v) is 10.2. The highest BCUT2D eigenvalue weighted by Crippen LogP contribution is 2.21. The summed E-state index contributed by atoms with van der Waals surface area (Å²) in [5, 5.41) is 3.56. The topological polar surface area (TPSA) is 12.0 Å². The van der Waals surface area contributed by atoms with Gasteiger partial charge in [-0.2, -0.15) is 0 Å². The number of nitrogens with one attached hydrogen (secondary N) is 1. The maximum atomic E-state index is 13.2. The Kier molecular flexibility index (Phi) is 5.50. The van der Waals surface area contributed by atoms with Gasteiger partial charge in [0.15, 0.2) is 0 Å². The lowest BCUT2D eigenvalue weighted by molar-refractivity contribution is 0.527. The molecule has 0 heterocycles. The average Bonchev–Trinajstić information content (AvgIpc) is 2.25. The first kappa shape index (κ1) is 13.2. The molecule has 0 spiro atoms. The van der Waals surface area contributed by atoms with E-state index in [1.807, 2.05) is 19.1 Å². The van der Waals surface area contributed by atoms with Crippen LogP contribution in [0, 0.1) is 5.82 Å². The average molecular weight is 242 g/mol. The molecule has 0 aliphatic rings. The van der Waals surface area contributed by atoms with Crippen LogP contribution in [-0.4, -0.2) is 12.6 Å². The van der Waals surface area contributed by atoms with Gasteiger partial charge in [0.25, 0.3) is 0 Å². The monoisotopic (exact) mass is 241 g/mol. The second kappa shape index (κ2) is 6.66. The highest BCUT2D eigenvalue weighted by molar-refractivity contribution is 6.31. The van der Waals surface area contributed by atoms with Gasteiger partial charge in [0, 0.05) is 6.04 Å². The first-order valence-electron chi connectivity index (χ1n) is 5.46. The van der Waals surface area contributed by atoms with Gasteiger partial charge in [-0.15, -0.1) is 6.58 Å². The van der Waals surface area contributed by atoms with Crippen LogP contribution in [-0.2, 0) is 6.42 Å². The van der Waals surface area contributed by atoms with Crippen molar-refractivity contribution in [2.75, 3.05) is 6.54 Å². The van der Waals surface area contributed by atoms with E-state index < -0.39 is 0 Å². The lowest BCUT2D eigenvalue weighted by atomic mass is 10.0. The van der Waals surface area contributed by atoms with Crippen molar-refractivity contribution in [1.82, 2.24) is 5.32 Å². The largest absolute Gasteiger partial charge is 0.314 e. The molecule has 0 amide bonds. The Morgan fingerprint density at radius 1 is 1.56 bits per heavy atom. The Morgan fingerprint density at radius 2 is 2.31 bits per heavy atom. The van der Waals surface area contributed by atoms with Gasteiger partial charge in [0.05, 0.1) is 5.02 Å². The summed E-state index contributed by atoms with van der Waals surface area (Å²) in [6, 6.07) is 5.19. The van der Waals surface area contributed by atoms with Crippen LogP contribution >= 0.6 is 11.6 Å². The summed E-state index contributed by atoms with van der Waals surface area (Å²) in [7, 11) is 0. The van der Waals surface area contributed by atoms with Crippen LogP contribution in [0.25, 0.3) is 0 Å². The minimum Gasteiger partial charge on any atom is -0.314 e. The SMILES string of the molecule is C=CCC(Cc1cccc(F)c1Cl)NCC. The molecule has 1 N–H and O–H groups in total. The Balaban J connectivity index is 2.76. The zero-order chi connectivity index (χ0) is 12.0. The number of benzene rings is 1. The summed E-state index contributed by atoms with van der Waals surface area (Å²) in [5.41, 5.74) is 0.842. The van der Waals surface area contributed by atoms with Gasteiger partial charge >= 0.3 is 0 Å². The van der Waals surface area contributed by atoms with Crippen molar-refractivity contribution in [2.24, 2.45) is 0 Å². The van der Waals surface area contributed by atoms with Crippen molar-refractivity contribution in [3.8, 4) is 0 Å². The lowest BCUT2D eigenvalue weighted by Gasteiger charge is -2.16. The van der Waals surface area contributed by atoms with Crippen molar-refractivity contribution < 1.29 is 4.39 Å². The van der Waals surface area contributed by atoms with Gasteiger partial charge in [0.2, 0.25) is 0 Å². The molecule has 0 radical (unpaired) electrons. The van der Waals surface area contributed by atoms with Gasteiger partial charge in [-0.3, -0.25) is 0 Å². The van der Waals surface area contributed by atoms with E-state index in [4.69, 9.17) is 11.6 Å². The lowest BCUT2D eigenvalue weighted by Crippen LogP contribution is -2.30. The molecule has 88 valence electrons. The van der Waals surface area contributed by atoms with Crippen LogP contribution in [0.1, 0.15) is 18.9 Å². The quantitative estimate of drug-likeness (QED) is 0.751. The van der Waals surface area contributed by atoms with Crippen molar-refractivity contribution >= 4 is 11.6 Å². The van der Waals surface area contributed by atoms with Gasteiger partial charge in [-0.05, 0) is 31.0 Å². The summed E-state index contributed by atoms with van der Waals surface area (Å²) in [6.07, 6.45) is 3.43. The normalized spacial score (nSPS) is 12.4. The fourth-order valence-corrected chi connectivity index (χ4v) is 1.90. The van der Waals surface area contributed by atoms with E-state index in [1.165, 1.54) is 6.07 Å². The molecule has 1 atom stereocenters. The third kappa shape index (κ3) is 3.62. The molecule has 0 saturated heterocycles. The van der Waals surface area contributed by atoms with Crippen LogP contribution in [0.2, 0.25) is 5.02 Å². The Labute approximate surface area is 101 Å². The van der Waals surface area contributed by atoms with Gasteiger partial charge < -0.3 is 5.32 Å². The van der Waals surface area contributed by atoms with Crippen LogP contribution in [0.4, 0.5) is 4.39 Å². The van der Waals surface area contributed by atoms with E-state index >= 15 is 0 Å². The van der Waals surface area contributed by atoms with Crippen LogP contribution in [0.15, 0.2) is 30.9 Å². The summed E-state index contributed by atoms with van der Waals surface area (Å²) < 4.78 is 13.2. The van der Waals surface area contributed by atoms with Gasteiger partial charge in [0.1, 0.15) is 5.82 Å². The fraction of sp³-hybridized carbons (Fsp3) is 0.385. The highest BCUT2D eigenvalue weighted by Gasteiger charge is 2.11. The molecule has 0 bridgehead atoms. The Hall–Kier alpha value is -0.860. The number of rotatable bonds is 6. The molecule has 1 unspecified atom stereocenters. The molecule has 0 aliphatic heterocycles. The van der Waals surface area contributed by atoms with Crippen molar-refractivity contribution in [3.63, 3.8) is 0 Å². The standard InChI is InChI=1S/C13H17ClFN/c1-3-6-11(16-4-2)9-10-7-5-8-12(15)13(10)14/h3,5,7-8,11,16H,1,4,6,9H2,2H3. The van der Waals surface area contributed by atoms with Crippen molar-refractivity contribution in [1.29, 1.82) is 0 Å². The second-order valence-electron chi connectivity index (χ2n) is 3.70. The van der Waals surface area contributed by atoms with E-state index in [1.54, 1.807) is 6.07 Å². The molecule has 0 aromatic heterocycles. The van der Waals surface area contributed by atoms with Crippen LogP contribution in [0.3, 0.4) is 0 Å². The molecular weight excluding hydrogens is 225 g/mol. The molecule has 1 aromatic carbocycles. The van der Waals surface area contributed by atoms with Gasteiger partial charge in [-0.25, -0.2) is 4.39 Å². The van der Waals surface area contributed by atoms with Crippen LogP contribution < -0.4 is 5.32 Å². The maximum Gasteiger partial charge on any atom is 0.142 e. The number of hydrogen-bond acceptors (Lipinski definition) is 1. The predicted octanol–water partition coefficient (Wildman–Crippen LogP) is 3.58. The summed E-state index contributed by atoms with van der Waals surface area (Å²) in [4.78, 5) is 0. The number of hydrogen-bond donors (Lipinski definition) is 1. The van der Waals surface area contributed by atoms with Crippen molar-refractivity contribution in [3.05, 3.63) is 47.3 Å². The molecule has 0 saturated carbocycles. The molecular formula is C13H17ClFN. The third-order valence-electron chi connectivity index (χ3n) is 2.44. The van der Waals surface area contributed by atoms with Gasteiger partial charge in [-0.1, -0.05) is 36.7 Å². The molecule has 0 aliphatic carbocycles. The van der Waals surface area contributed by atoms with E-state index in [0.717, 1.165) is 24.9 Å². The molecule has 0 fully saturated rings. The third-order valence-corrected chi connectivity index (χ3v) is 2.87. The van der Waals surface area contributed by atoms with E-state index in [9.17, 15) is 4.39 Å². The zero-order valence-electron chi connectivity index (χ0n) is 9.47. The molecule has 1 nitrogen and oxygen atoms in total. The highest BCUT2D eigenvalue weighted by atomic mass is 35.5. The van der Waals surface area contributed by atoms with E-state index in [2.05, 4.69) is 11.9 Å². The molecule has 16 heavy (non-hydrogen) atoms. The Bertz CT molecular complexity index is 352. The van der Waals surface area contributed by atoms with Crippen LogP contribution in [0.5, 0.6) is 0 Å². The maximum absolute atomic E-state index is 13.2. The fourth-order valence-electron chi connectivity index (χ4n) is 1.70. The molecule has 1 rings (SSSR count). The smallest absolute Gasteiger partial charge is 0.142 e. The van der Waals surface area contributed by atoms with E-state index in [-0.39, 0.29) is 16.9 Å².